The van der Waals surface area contributed by atoms with Crippen LogP contribution in [0.25, 0.3) is 0 Å². The minimum Gasteiger partial charge on any atom is -0.484 e. The summed E-state index contributed by atoms with van der Waals surface area (Å²) in [5.41, 5.74) is 1.98. The average Bonchev–Trinajstić information content (AvgIpc) is 3.04. The molecule has 152 valence electrons. The lowest BCUT2D eigenvalue weighted by Crippen LogP contribution is -2.11. The zero-order valence-corrected chi connectivity index (χ0v) is 18.5. The number of nitrogens with zero attached hydrogens (tertiary/aromatic N) is 3. The van der Waals surface area contributed by atoms with E-state index >= 15 is 0 Å². The third-order valence-corrected chi connectivity index (χ3v) is 5.86. The number of hydrogen-bond acceptors (Lipinski definition) is 5. The Balaban J connectivity index is 1.58. The predicted molar refractivity (Wildman–Crippen MR) is 117 cm³/mol. The Kier molecular flexibility index (Phi) is 6.65. The Morgan fingerprint density at radius 2 is 1.79 bits per heavy atom. The molecule has 1 aromatic heterocycles. The minimum atomic E-state index is 0.0623. The number of benzene rings is 2. The molecule has 3 aromatic rings. The number of hydrogen-bond donors (Lipinski definition) is 0. The lowest BCUT2D eigenvalue weighted by atomic mass is 9.86. The van der Waals surface area contributed by atoms with Gasteiger partial charge in [0.1, 0.15) is 12.4 Å². The Bertz CT molecular complexity index is 994. The van der Waals surface area contributed by atoms with Gasteiger partial charge in [0.2, 0.25) is 0 Å². The van der Waals surface area contributed by atoms with E-state index in [-0.39, 0.29) is 17.8 Å². The standard InChI is InChI=1S/C22H24ClN3O2S/c1-22(2,3)16-11-9-15(10-12-16)18(27)14-29-21-25-24-20(26(21)4)13-28-19-8-6-5-7-17(19)23/h5-12H,13-14H2,1-4H3. The topological polar surface area (TPSA) is 57.0 Å². The summed E-state index contributed by atoms with van der Waals surface area (Å²) in [4.78, 5) is 12.5. The monoisotopic (exact) mass is 429 g/mol. The summed E-state index contributed by atoms with van der Waals surface area (Å²) in [7, 11) is 1.86. The van der Waals surface area contributed by atoms with Gasteiger partial charge >= 0.3 is 0 Å². The molecule has 2 aromatic carbocycles. The van der Waals surface area contributed by atoms with Crippen LogP contribution in [0.4, 0.5) is 0 Å². The predicted octanol–water partition coefficient (Wildman–Crippen LogP) is 5.32. The van der Waals surface area contributed by atoms with Crippen LogP contribution in [0.15, 0.2) is 53.7 Å². The summed E-state index contributed by atoms with van der Waals surface area (Å²) >= 11 is 7.47. The number of ether oxygens (including phenoxy) is 1. The normalized spacial score (nSPS) is 11.5. The van der Waals surface area contributed by atoms with Gasteiger partial charge in [0.15, 0.2) is 16.8 Å². The highest BCUT2D eigenvalue weighted by atomic mass is 35.5. The number of thioether (sulfide) groups is 1. The van der Waals surface area contributed by atoms with Gasteiger partial charge in [0.05, 0.1) is 10.8 Å². The third kappa shape index (κ3) is 5.40. The highest BCUT2D eigenvalue weighted by molar-refractivity contribution is 7.99. The maximum absolute atomic E-state index is 12.5. The second-order valence-electron chi connectivity index (χ2n) is 7.72. The smallest absolute Gasteiger partial charge is 0.191 e. The van der Waals surface area contributed by atoms with Crippen LogP contribution in [0.5, 0.6) is 5.75 Å². The number of rotatable bonds is 7. The van der Waals surface area contributed by atoms with Crippen molar-refractivity contribution in [3.05, 3.63) is 70.5 Å². The summed E-state index contributed by atoms with van der Waals surface area (Å²) in [6.07, 6.45) is 0. The van der Waals surface area contributed by atoms with Crippen molar-refractivity contribution in [1.29, 1.82) is 0 Å². The van der Waals surface area contributed by atoms with Crippen LogP contribution in [0.2, 0.25) is 5.02 Å². The number of aromatic nitrogens is 3. The van der Waals surface area contributed by atoms with Gasteiger partial charge in [0.25, 0.3) is 0 Å². The Morgan fingerprint density at radius 1 is 1.10 bits per heavy atom. The van der Waals surface area contributed by atoms with E-state index < -0.39 is 0 Å². The number of halogens is 1. The molecule has 29 heavy (non-hydrogen) atoms. The SMILES string of the molecule is Cn1c(COc2ccccc2Cl)nnc1SCC(=O)c1ccc(C(C)(C)C)cc1. The van der Waals surface area contributed by atoms with Crippen LogP contribution in [0, 0.1) is 0 Å². The fourth-order valence-corrected chi connectivity index (χ4v) is 3.68. The fraction of sp³-hybridized carbons (Fsp3) is 0.318. The molecule has 0 saturated heterocycles. The van der Waals surface area contributed by atoms with E-state index in [1.807, 2.05) is 48.0 Å². The van der Waals surface area contributed by atoms with Crippen molar-refractivity contribution in [2.24, 2.45) is 7.05 Å². The molecule has 0 radical (unpaired) electrons. The Labute approximate surface area is 180 Å². The number of ketones is 1. The molecule has 0 atom stereocenters. The quantitative estimate of drug-likeness (QED) is 0.375. The van der Waals surface area contributed by atoms with Crippen LogP contribution >= 0.6 is 23.4 Å². The highest BCUT2D eigenvalue weighted by Crippen LogP contribution is 2.25. The van der Waals surface area contributed by atoms with Crippen LogP contribution in [0.3, 0.4) is 0 Å². The van der Waals surface area contributed by atoms with E-state index in [1.165, 1.54) is 17.3 Å². The average molecular weight is 430 g/mol. The number of carbonyl (C=O) groups excluding carboxylic acids is 1. The first kappa shape index (κ1) is 21.4. The van der Waals surface area contributed by atoms with Crippen molar-refractivity contribution < 1.29 is 9.53 Å². The molecular weight excluding hydrogens is 406 g/mol. The summed E-state index contributed by atoms with van der Waals surface area (Å²) in [6.45, 7) is 6.71. The summed E-state index contributed by atoms with van der Waals surface area (Å²) in [6, 6.07) is 15.1. The summed E-state index contributed by atoms with van der Waals surface area (Å²) < 4.78 is 7.55. The van der Waals surface area contributed by atoms with Crippen molar-refractivity contribution >= 4 is 29.1 Å². The molecular formula is C22H24ClN3O2S. The first-order valence-electron chi connectivity index (χ1n) is 9.28. The van der Waals surface area contributed by atoms with Gasteiger partial charge in [0, 0.05) is 12.6 Å². The molecule has 7 heteroatoms. The first-order valence-corrected chi connectivity index (χ1v) is 10.6. The summed E-state index contributed by atoms with van der Waals surface area (Å²) in [5, 5.41) is 9.55. The molecule has 0 aliphatic carbocycles. The maximum atomic E-state index is 12.5. The maximum Gasteiger partial charge on any atom is 0.191 e. The van der Waals surface area contributed by atoms with Gasteiger partial charge in [-0.3, -0.25) is 4.79 Å². The molecule has 5 nitrogen and oxygen atoms in total. The van der Waals surface area contributed by atoms with Gasteiger partial charge in [-0.15, -0.1) is 10.2 Å². The molecule has 1 heterocycles. The van der Waals surface area contributed by atoms with E-state index in [9.17, 15) is 4.79 Å². The first-order chi connectivity index (χ1) is 13.8. The van der Waals surface area contributed by atoms with Crippen LogP contribution in [-0.2, 0) is 19.1 Å². The molecule has 0 fully saturated rings. The number of para-hydroxylation sites is 1. The van der Waals surface area contributed by atoms with Gasteiger partial charge < -0.3 is 9.30 Å². The van der Waals surface area contributed by atoms with E-state index in [0.717, 1.165) is 0 Å². The molecule has 0 bridgehead atoms. The van der Waals surface area contributed by atoms with Gasteiger partial charge in [-0.05, 0) is 23.1 Å². The van der Waals surface area contributed by atoms with Gasteiger partial charge in [-0.25, -0.2) is 0 Å². The molecule has 3 rings (SSSR count). The molecule has 0 unspecified atom stereocenters. The van der Waals surface area contributed by atoms with E-state index in [0.29, 0.717) is 33.1 Å². The molecule has 0 aliphatic heterocycles. The lowest BCUT2D eigenvalue weighted by molar-refractivity contribution is 0.102. The fourth-order valence-electron chi connectivity index (χ4n) is 2.67. The highest BCUT2D eigenvalue weighted by Gasteiger charge is 2.16. The number of carbonyl (C=O) groups is 1. The zero-order chi connectivity index (χ0) is 21.0. The second kappa shape index (κ2) is 9.01. The molecule has 0 spiro atoms. The number of Topliss-reactive ketones (excluding diaryl/α,β-unsaturated/α-hetero) is 1. The van der Waals surface area contributed by atoms with E-state index in [2.05, 4.69) is 31.0 Å². The third-order valence-electron chi connectivity index (χ3n) is 4.52. The van der Waals surface area contributed by atoms with Gasteiger partial charge in [-0.2, -0.15) is 0 Å². The minimum absolute atomic E-state index is 0.0623. The molecule has 0 aliphatic rings. The van der Waals surface area contributed by atoms with Crippen LogP contribution < -0.4 is 4.74 Å². The Morgan fingerprint density at radius 3 is 2.45 bits per heavy atom. The zero-order valence-electron chi connectivity index (χ0n) is 17.0. The van der Waals surface area contributed by atoms with Crippen molar-refractivity contribution in [2.45, 2.75) is 37.9 Å². The lowest BCUT2D eigenvalue weighted by Gasteiger charge is -2.18. The van der Waals surface area contributed by atoms with Crippen LogP contribution in [-0.4, -0.2) is 26.3 Å². The van der Waals surface area contributed by atoms with E-state index in [4.69, 9.17) is 16.3 Å². The van der Waals surface area contributed by atoms with E-state index in [1.54, 1.807) is 12.1 Å². The van der Waals surface area contributed by atoms with Gasteiger partial charge in [-0.1, -0.05) is 80.5 Å². The molecule has 0 amide bonds. The van der Waals surface area contributed by atoms with Crippen molar-refractivity contribution in [3.8, 4) is 5.75 Å². The molecule has 0 saturated carbocycles. The van der Waals surface area contributed by atoms with Crippen molar-refractivity contribution in [3.63, 3.8) is 0 Å². The van der Waals surface area contributed by atoms with Crippen molar-refractivity contribution in [1.82, 2.24) is 14.8 Å². The van der Waals surface area contributed by atoms with Crippen LogP contribution in [0.1, 0.15) is 42.5 Å². The molecule has 0 N–H and O–H groups in total. The summed E-state index contributed by atoms with van der Waals surface area (Å²) in [5.74, 6) is 1.62. The largest absolute Gasteiger partial charge is 0.484 e. The second-order valence-corrected chi connectivity index (χ2v) is 9.07. The Hall–Kier alpha value is -2.31. The van der Waals surface area contributed by atoms with Crippen molar-refractivity contribution in [2.75, 3.05) is 5.75 Å².